The molecule has 0 amide bonds. The predicted molar refractivity (Wildman–Crippen MR) is 56.8 cm³/mol. The molecule has 0 aliphatic carbocycles. The van der Waals surface area contributed by atoms with Gasteiger partial charge < -0.3 is 9.26 Å². The predicted octanol–water partition coefficient (Wildman–Crippen LogP) is 2.14. The van der Waals surface area contributed by atoms with Crippen molar-refractivity contribution in [1.82, 2.24) is 15.1 Å². The van der Waals surface area contributed by atoms with Crippen molar-refractivity contribution in [2.24, 2.45) is 0 Å². The molecule has 2 rings (SSSR count). The number of hydrogen-bond acceptors (Lipinski definition) is 5. The van der Waals surface area contributed by atoms with E-state index in [2.05, 4.69) is 15.1 Å². The van der Waals surface area contributed by atoms with Crippen molar-refractivity contribution in [2.75, 3.05) is 0 Å². The quantitative estimate of drug-likeness (QED) is 0.745. The molecular weight excluding hydrogens is 225 g/mol. The van der Waals surface area contributed by atoms with E-state index in [4.69, 9.17) is 9.26 Å². The molecule has 0 aliphatic rings. The second-order valence-corrected chi connectivity index (χ2v) is 3.46. The first-order valence-electron chi connectivity index (χ1n) is 5.33. The Morgan fingerprint density at radius 1 is 1.41 bits per heavy atom. The molecule has 2 aromatic heterocycles. The topological polar surface area (TPSA) is 61.0 Å². The van der Waals surface area contributed by atoms with Gasteiger partial charge in [-0.25, -0.2) is 4.98 Å². The summed E-state index contributed by atoms with van der Waals surface area (Å²) in [4.78, 5) is 7.60. The monoisotopic (exact) mass is 237 g/mol. The first-order chi connectivity index (χ1) is 8.28. The lowest BCUT2D eigenvalue weighted by Crippen LogP contribution is -1.97. The Hall–Kier alpha value is -1.98. The van der Waals surface area contributed by atoms with Crippen LogP contribution in [0.5, 0.6) is 5.75 Å². The lowest BCUT2D eigenvalue weighted by atomic mass is 10.3. The van der Waals surface area contributed by atoms with Crippen LogP contribution in [0.15, 0.2) is 22.9 Å². The summed E-state index contributed by atoms with van der Waals surface area (Å²) in [6.07, 6.45) is 3.04. The summed E-state index contributed by atoms with van der Waals surface area (Å²) in [5.41, 5.74) is 0. The number of halogens is 1. The van der Waals surface area contributed by atoms with Crippen LogP contribution >= 0.6 is 0 Å². The van der Waals surface area contributed by atoms with Crippen molar-refractivity contribution < 1.29 is 13.7 Å². The molecule has 0 aliphatic heterocycles. The van der Waals surface area contributed by atoms with Gasteiger partial charge in [0, 0.05) is 6.42 Å². The Morgan fingerprint density at radius 3 is 3.00 bits per heavy atom. The number of rotatable bonds is 5. The molecule has 0 fully saturated rings. The third-order valence-corrected chi connectivity index (χ3v) is 2.05. The van der Waals surface area contributed by atoms with Gasteiger partial charge in [0.15, 0.2) is 12.4 Å². The molecule has 0 bridgehead atoms. The zero-order valence-electron chi connectivity index (χ0n) is 9.39. The first kappa shape index (κ1) is 11.5. The van der Waals surface area contributed by atoms with E-state index in [1.165, 1.54) is 18.3 Å². The fourth-order valence-corrected chi connectivity index (χ4v) is 1.27. The number of aryl methyl sites for hydroxylation is 1. The van der Waals surface area contributed by atoms with Gasteiger partial charge in [-0.05, 0) is 18.6 Å². The summed E-state index contributed by atoms with van der Waals surface area (Å²) in [5, 5.41) is 3.79. The zero-order valence-corrected chi connectivity index (χ0v) is 9.39. The van der Waals surface area contributed by atoms with Gasteiger partial charge in [-0.15, -0.1) is 0 Å². The minimum atomic E-state index is -0.541. The first-order valence-corrected chi connectivity index (χ1v) is 5.33. The maximum atomic E-state index is 12.5. The highest BCUT2D eigenvalue weighted by Gasteiger charge is 2.06. The molecule has 6 heteroatoms. The van der Waals surface area contributed by atoms with Gasteiger partial charge in [0.2, 0.25) is 5.95 Å². The van der Waals surface area contributed by atoms with Crippen LogP contribution < -0.4 is 4.74 Å². The average molecular weight is 237 g/mol. The fourth-order valence-electron chi connectivity index (χ4n) is 1.27. The van der Waals surface area contributed by atoms with Crippen molar-refractivity contribution in [3.8, 4) is 5.75 Å². The number of aromatic nitrogens is 3. The van der Waals surface area contributed by atoms with E-state index in [0.717, 1.165) is 12.8 Å². The number of ether oxygens (including phenoxy) is 1. The van der Waals surface area contributed by atoms with E-state index in [9.17, 15) is 4.39 Å². The van der Waals surface area contributed by atoms with Gasteiger partial charge in [0.1, 0.15) is 5.75 Å². The van der Waals surface area contributed by atoms with Gasteiger partial charge in [0.05, 0.1) is 6.20 Å². The molecule has 0 spiro atoms. The van der Waals surface area contributed by atoms with Crippen LogP contribution in [0.3, 0.4) is 0 Å². The Labute approximate surface area is 97.6 Å². The lowest BCUT2D eigenvalue weighted by molar-refractivity contribution is 0.241. The Balaban J connectivity index is 1.90. The molecule has 0 saturated heterocycles. The highest BCUT2D eigenvalue weighted by atomic mass is 19.1. The minimum Gasteiger partial charge on any atom is -0.482 e. The van der Waals surface area contributed by atoms with Crippen LogP contribution in [-0.4, -0.2) is 15.1 Å². The van der Waals surface area contributed by atoms with Crippen LogP contribution in [0.2, 0.25) is 0 Å². The summed E-state index contributed by atoms with van der Waals surface area (Å²) in [6.45, 7) is 2.20. The molecule has 5 nitrogen and oxygen atoms in total. The molecule has 17 heavy (non-hydrogen) atoms. The molecule has 0 aromatic carbocycles. The van der Waals surface area contributed by atoms with Crippen molar-refractivity contribution in [1.29, 1.82) is 0 Å². The van der Waals surface area contributed by atoms with E-state index < -0.39 is 5.95 Å². The van der Waals surface area contributed by atoms with Crippen LogP contribution in [-0.2, 0) is 13.0 Å². The minimum absolute atomic E-state index is 0.157. The van der Waals surface area contributed by atoms with E-state index in [-0.39, 0.29) is 6.61 Å². The lowest BCUT2D eigenvalue weighted by Gasteiger charge is -2.01. The molecule has 0 radical (unpaired) electrons. The molecule has 2 heterocycles. The summed E-state index contributed by atoms with van der Waals surface area (Å²) in [7, 11) is 0. The highest BCUT2D eigenvalue weighted by Crippen LogP contribution is 2.10. The van der Waals surface area contributed by atoms with Gasteiger partial charge in [-0.3, -0.25) is 0 Å². The molecule has 2 aromatic rings. The van der Waals surface area contributed by atoms with Crippen LogP contribution in [0, 0.1) is 5.95 Å². The van der Waals surface area contributed by atoms with Gasteiger partial charge in [-0.2, -0.15) is 9.37 Å². The van der Waals surface area contributed by atoms with E-state index in [1.54, 1.807) is 0 Å². The van der Waals surface area contributed by atoms with Crippen molar-refractivity contribution in [3.63, 3.8) is 0 Å². The zero-order chi connectivity index (χ0) is 12.1. The Morgan fingerprint density at radius 2 is 2.29 bits per heavy atom. The van der Waals surface area contributed by atoms with Crippen LogP contribution in [0.4, 0.5) is 4.39 Å². The molecule has 0 N–H and O–H groups in total. The van der Waals surface area contributed by atoms with Gasteiger partial charge in [0.25, 0.3) is 5.89 Å². The summed E-state index contributed by atoms with van der Waals surface area (Å²) in [6, 6.07) is 2.72. The Kier molecular flexibility index (Phi) is 3.64. The summed E-state index contributed by atoms with van der Waals surface area (Å²) in [5.74, 6) is 0.989. The number of pyridine rings is 1. The number of hydrogen-bond donors (Lipinski definition) is 0. The van der Waals surface area contributed by atoms with E-state index in [0.29, 0.717) is 17.5 Å². The molecule has 0 saturated carbocycles. The van der Waals surface area contributed by atoms with Crippen LogP contribution in [0.1, 0.15) is 25.1 Å². The highest BCUT2D eigenvalue weighted by molar-refractivity contribution is 5.16. The van der Waals surface area contributed by atoms with Crippen LogP contribution in [0.25, 0.3) is 0 Å². The second kappa shape index (κ2) is 5.38. The molecule has 0 atom stereocenters. The SMILES string of the molecule is CCCc1noc(COc2ccc(F)nc2)n1. The molecule has 0 unspecified atom stereocenters. The van der Waals surface area contributed by atoms with Gasteiger partial charge in [-0.1, -0.05) is 12.1 Å². The Bertz CT molecular complexity index is 470. The number of nitrogens with zero attached hydrogens (tertiary/aromatic N) is 3. The normalized spacial score (nSPS) is 10.5. The van der Waals surface area contributed by atoms with Crippen molar-refractivity contribution in [2.45, 2.75) is 26.4 Å². The van der Waals surface area contributed by atoms with Crippen molar-refractivity contribution >= 4 is 0 Å². The van der Waals surface area contributed by atoms with Crippen molar-refractivity contribution in [3.05, 3.63) is 36.0 Å². The summed E-state index contributed by atoms with van der Waals surface area (Å²) < 4.78 is 22.8. The average Bonchev–Trinajstić information content (AvgIpc) is 2.77. The standard InChI is InChI=1S/C11H12FN3O2/c1-2-3-10-14-11(17-15-10)7-16-8-4-5-9(12)13-6-8/h4-6H,2-3,7H2,1H3. The largest absolute Gasteiger partial charge is 0.482 e. The van der Waals surface area contributed by atoms with E-state index >= 15 is 0 Å². The summed E-state index contributed by atoms with van der Waals surface area (Å²) >= 11 is 0. The third kappa shape index (κ3) is 3.24. The fraction of sp³-hybridized carbons (Fsp3) is 0.364. The maximum absolute atomic E-state index is 12.5. The van der Waals surface area contributed by atoms with Gasteiger partial charge >= 0.3 is 0 Å². The molecule has 90 valence electrons. The molecular formula is C11H12FN3O2. The smallest absolute Gasteiger partial charge is 0.264 e. The third-order valence-electron chi connectivity index (χ3n) is 2.05. The van der Waals surface area contributed by atoms with E-state index in [1.807, 2.05) is 6.92 Å². The maximum Gasteiger partial charge on any atom is 0.264 e. The second-order valence-electron chi connectivity index (χ2n) is 3.46.